The lowest BCUT2D eigenvalue weighted by molar-refractivity contribution is 0.100. The van der Waals surface area contributed by atoms with E-state index in [1.807, 2.05) is 6.07 Å². The number of carbonyl (C=O) groups excluding carboxylic acids is 1. The zero-order valence-corrected chi connectivity index (χ0v) is 16.3. The SMILES string of the molecule is CC1(C)CCC(NCc2ccc(-c3cc(Cl)cc(C(N)=O)c3)cc2)CC1. The number of carbonyl (C=O) groups is 1. The normalized spacial score (nSPS) is 17.2. The highest BCUT2D eigenvalue weighted by atomic mass is 35.5. The van der Waals surface area contributed by atoms with Crippen LogP contribution in [-0.2, 0) is 6.54 Å². The zero-order valence-electron chi connectivity index (χ0n) is 15.5. The van der Waals surface area contributed by atoms with E-state index in [1.165, 1.54) is 31.2 Å². The molecule has 1 fully saturated rings. The van der Waals surface area contributed by atoms with Gasteiger partial charge in [-0.25, -0.2) is 0 Å². The van der Waals surface area contributed by atoms with Gasteiger partial charge in [0.2, 0.25) is 5.91 Å². The number of amides is 1. The van der Waals surface area contributed by atoms with E-state index < -0.39 is 5.91 Å². The van der Waals surface area contributed by atoms with Crippen molar-refractivity contribution in [3.63, 3.8) is 0 Å². The summed E-state index contributed by atoms with van der Waals surface area (Å²) in [4.78, 5) is 11.4. The molecule has 138 valence electrons. The second kappa shape index (κ2) is 7.81. The molecule has 2 aromatic rings. The Morgan fingerprint density at radius 1 is 1.12 bits per heavy atom. The molecule has 3 nitrogen and oxygen atoms in total. The molecule has 0 bridgehead atoms. The molecule has 0 atom stereocenters. The number of hydrogen-bond donors (Lipinski definition) is 2. The van der Waals surface area contributed by atoms with E-state index in [4.69, 9.17) is 17.3 Å². The van der Waals surface area contributed by atoms with Crippen molar-refractivity contribution in [2.75, 3.05) is 0 Å². The third kappa shape index (κ3) is 4.87. The predicted molar refractivity (Wildman–Crippen MR) is 108 cm³/mol. The summed E-state index contributed by atoms with van der Waals surface area (Å²) >= 11 is 6.11. The molecular formula is C22H27ClN2O. The van der Waals surface area contributed by atoms with Crippen molar-refractivity contribution < 1.29 is 4.79 Å². The Bertz CT molecular complexity index is 773. The van der Waals surface area contributed by atoms with Gasteiger partial charge in [0.15, 0.2) is 0 Å². The van der Waals surface area contributed by atoms with Crippen molar-refractivity contribution in [1.82, 2.24) is 5.32 Å². The van der Waals surface area contributed by atoms with E-state index in [0.29, 0.717) is 22.0 Å². The van der Waals surface area contributed by atoms with Crippen molar-refractivity contribution in [3.8, 4) is 11.1 Å². The molecule has 2 aromatic carbocycles. The number of benzene rings is 2. The largest absolute Gasteiger partial charge is 0.366 e. The average molecular weight is 371 g/mol. The highest BCUT2D eigenvalue weighted by Gasteiger charge is 2.26. The summed E-state index contributed by atoms with van der Waals surface area (Å²) in [5.74, 6) is -0.467. The van der Waals surface area contributed by atoms with Gasteiger partial charge in [-0.05, 0) is 66.0 Å². The van der Waals surface area contributed by atoms with Gasteiger partial charge < -0.3 is 11.1 Å². The number of halogens is 1. The number of hydrogen-bond acceptors (Lipinski definition) is 2. The molecule has 0 heterocycles. The van der Waals surface area contributed by atoms with Crippen LogP contribution in [-0.4, -0.2) is 11.9 Å². The molecule has 0 radical (unpaired) electrons. The van der Waals surface area contributed by atoms with Crippen LogP contribution >= 0.6 is 11.6 Å². The van der Waals surface area contributed by atoms with Gasteiger partial charge in [0.25, 0.3) is 0 Å². The van der Waals surface area contributed by atoms with Crippen LogP contribution in [0.3, 0.4) is 0 Å². The summed E-state index contributed by atoms with van der Waals surface area (Å²) in [6, 6.07) is 14.2. The van der Waals surface area contributed by atoms with Crippen LogP contribution < -0.4 is 11.1 Å². The minimum Gasteiger partial charge on any atom is -0.366 e. The lowest BCUT2D eigenvalue weighted by atomic mass is 9.75. The van der Waals surface area contributed by atoms with Crippen molar-refractivity contribution in [2.24, 2.45) is 11.1 Å². The molecule has 1 aliphatic rings. The Balaban J connectivity index is 1.63. The molecule has 0 aromatic heterocycles. The Labute approximate surface area is 160 Å². The fourth-order valence-corrected chi connectivity index (χ4v) is 3.81. The first-order chi connectivity index (χ1) is 12.3. The quantitative estimate of drug-likeness (QED) is 0.763. The highest BCUT2D eigenvalue weighted by molar-refractivity contribution is 6.31. The molecule has 3 N–H and O–H groups in total. The minimum absolute atomic E-state index is 0.429. The van der Waals surface area contributed by atoms with Crippen LogP contribution in [0.15, 0.2) is 42.5 Å². The van der Waals surface area contributed by atoms with Crippen molar-refractivity contribution in [2.45, 2.75) is 52.1 Å². The molecule has 3 rings (SSSR count). The van der Waals surface area contributed by atoms with Gasteiger partial charge in [-0.3, -0.25) is 4.79 Å². The maximum atomic E-state index is 11.4. The predicted octanol–water partition coefficient (Wildman–Crippen LogP) is 5.16. The van der Waals surface area contributed by atoms with Crippen LogP contribution in [0.5, 0.6) is 0 Å². The second-order valence-electron chi connectivity index (χ2n) is 8.11. The summed E-state index contributed by atoms with van der Waals surface area (Å²) in [7, 11) is 0. The summed E-state index contributed by atoms with van der Waals surface area (Å²) in [6.45, 7) is 5.61. The molecule has 0 spiro atoms. The summed E-state index contributed by atoms with van der Waals surface area (Å²) < 4.78 is 0. The summed E-state index contributed by atoms with van der Waals surface area (Å²) in [5.41, 5.74) is 9.49. The fourth-order valence-electron chi connectivity index (χ4n) is 3.58. The van der Waals surface area contributed by atoms with Gasteiger partial charge in [0.1, 0.15) is 0 Å². The standard InChI is InChI=1S/C22H27ClN2O/c1-22(2)9-7-20(8-10-22)25-14-15-3-5-16(6-4-15)17-11-18(21(24)26)13-19(23)12-17/h3-6,11-13,20,25H,7-10,14H2,1-2H3,(H2,24,26). The van der Waals surface area contributed by atoms with Gasteiger partial charge in [-0.15, -0.1) is 0 Å². The van der Waals surface area contributed by atoms with Gasteiger partial charge >= 0.3 is 0 Å². The smallest absolute Gasteiger partial charge is 0.248 e. The van der Waals surface area contributed by atoms with E-state index in [1.54, 1.807) is 12.1 Å². The summed E-state index contributed by atoms with van der Waals surface area (Å²) in [5, 5.41) is 4.20. The molecule has 1 aliphatic carbocycles. The molecular weight excluding hydrogens is 344 g/mol. The third-order valence-electron chi connectivity index (χ3n) is 5.40. The Morgan fingerprint density at radius 3 is 2.38 bits per heavy atom. The molecule has 0 saturated heterocycles. The second-order valence-corrected chi connectivity index (χ2v) is 8.55. The van der Waals surface area contributed by atoms with Gasteiger partial charge in [0.05, 0.1) is 0 Å². The Morgan fingerprint density at radius 2 is 1.77 bits per heavy atom. The monoisotopic (exact) mass is 370 g/mol. The van der Waals surface area contributed by atoms with Crippen LogP contribution in [0.4, 0.5) is 0 Å². The van der Waals surface area contributed by atoms with Gasteiger partial charge in [-0.1, -0.05) is 49.7 Å². The average Bonchev–Trinajstić information content (AvgIpc) is 2.60. The van der Waals surface area contributed by atoms with E-state index in [-0.39, 0.29) is 0 Å². The maximum absolute atomic E-state index is 11.4. The van der Waals surface area contributed by atoms with E-state index in [2.05, 4.69) is 43.4 Å². The lowest BCUT2D eigenvalue weighted by Gasteiger charge is -2.34. The van der Waals surface area contributed by atoms with Crippen LogP contribution in [0.1, 0.15) is 55.5 Å². The number of nitrogens with two attached hydrogens (primary N) is 1. The minimum atomic E-state index is -0.467. The third-order valence-corrected chi connectivity index (χ3v) is 5.62. The molecule has 26 heavy (non-hydrogen) atoms. The maximum Gasteiger partial charge on any atom is 0.248 e. The summed E-state index contributed by atoms with van der Waals surface area (Å²) in [6.07, 6.45) is 5.09. The Hall–Kier alpha value is -1.84. The van der Waals surface area contributed by atoms with Crippen molar-refractivity contribution in [3.05, 3.63) is 58.6 Å². The first-order valence-corrected chi connectivity index (χ1v) is 9.63. The van der Waals surface area contributed by atoms with Crippen LogP contribution in [0, 0.1) is 5.41 Å². The number of nitrogens with one attached hydrogen (secondary N) is 1. The molecule has 1 saturated carbocycles. The number of rotatable bonds is 5. The molecule has 0 aliphatic heterocycles. The van der Waals surface area contributed by atoms with Crippen molar-refractivity contribution >= 4 is 17.5 Å². The van der Waals surface area contributed by atoms with Crippen molar-refractivity contribution in [1.29, 1.82) is 0 Å². The highest BCUT2D eigenvalue weighted by Crippen LogP contribution is 2.35. The van der Waals surface area contributed by atoms with Gasteiger partial charge in [-0.2, -0.15) is 0 Å². The van der Waals surface area contributed by atoms with Gasteiger partial charge in [0, 0.05) is 23.2 Å². The van der Waals surface area contributed by atoms with E-state index in [9.17, 15) is 4.79 Å². The topological polar surface area (TPSA) is 55.1 Å². The first-order valence-electron chi connectivity index (χ1n) is 9.25. The van der Waals surface area contributed by atoms with E-state index in [0.717, 1.165) is 17.7 Å². The lowest BCUT2D eigenvalue weighted by Crippen LogP contribution is -2.35. The Kier molecular flexibility index (Phi) is 5.69. The first kappa shape index (κ1) is 18.9. The van der Waals surface area contributed by atoms with Crippen LogP contribution in [0.25, 0.3) is 11.1 Å². The molecule has 1 amide bonds. The zero-order chi connectivity index (χ0) is 18.7. The fraction of sp³-hybridized carbons (Fsp3) is 0.409. The van der Waals surface area contributed by atoms with Crippen LogP contribution in [0.2, 0.25) is 5.02 Å². The number of primary amides is 1. The van der Waals surface area contributed by atoms with E-state index >= 15 is 0 Å². The molecule has 0 unspecified atom stereocenters. The molecule has 4 heteroatoms.